The van der Waals surface area contributed by atoms with Gasteiger partial charge in [0.05, 0.1) is 11.4 Å². The van der Waals surface area contributed by atoms with Gasteiger partial charge in [0.2, 0.25) is 10.0 Å². The number of rotatable bonds is 3. The fourth-order valence-electron chi connectivity index (χ4n) is 2.53. The van der Waals surface area contributed by atoms with E-state index >= 15 is 0 Å². The van der Waals surface area contributed by atoms with Crippen LogP contribution in [0, 0.1) is 17.8 Å². The standard InChI is InChI=1S/C15H20N2O2S/c1-12-6-4-9-14(12)17-20(18,19)15-10-3-2-7-13(15)8-5-11-16/h2-3,7,10,12,14,17H,4,6,9,11,16H2,1H3. The van der Waals surface area contributed by atoms with Crippen LogP contribution >= 0.6 is 0 Å². The lowest BCUT2D eigenvalue weighted by atomic mass is 10.1. The monoisotopic (exact) mass is 292 g/mol. The van der Waals surface area contributed by atoms with Crippen molar-refractivity contribution < 1.29 is 8.42 Å². The summed E-state index contributed by atoms with van der Waals surface area (Å²) in [5.41, 5.74) is 5.84. The van der Waals surface area contributed by atoms with E-state index in [0.29, 0.717) is 11.5 Å². The van der Waals surface area contributed by atoms with Gasteiger partial charge in [0, 0.05) is 11.6 Å². The van der Waals surface area contributed by atoms with E-state index in [0.717, 1.165) is 19.3 Å². The normalized spacial score (nSPS) is 22.3. The first-order valence-electron chi connectivity index (χ1n) is 6.85. The van der Waals surface area contributed by atoms with Crippen molar-refractivity contribution in [2.45, 2.75) is 37.1 Å². The van der Waals surface area contributed by atoms with Crippen molar-refractivity contribution in [2.24, 2.45) is 11.7 Å². The summed E-state index contributed by atoms with van der Waals surface area (Å²) in [6.07, 6.45) is 3.04. The molecule has 108 valence electrons. The van der Waals surface area contributed by atoms with Crippen LogP contribution in [-0.4, -0.2) is 21.0 Å². The molecule has 2 rings (SSSR count). The lowest BCUT2D eigenvalue weighted by molar-refractivity contribution is 0.476. The number of benzene rings is 1. The first-order chi connectivity index (χ1) is 9.54. The molecule has 0 radical (unpaired) electrons. The molecule has 2 atom stereocenters. The van der Waals surface area contributed by atoms with E-state index in [2.05, 4.69) is 23.5 Å². The SMILES string of the molecule is CC1CCCC1NS(=O)(=O)c1ccccc1C#CCN. The fourth-order valence-corrected chi connectivity index (χ4v) is 4.08. The number of sulfonamides is 1. The van der Waals surface area contributed by atoms with Gasteiger partial charge in [-0.3, -0.25) is 0 Å². The Morgan fingerprint density at radius 2 is 2.10 bits per heavy atom. The third-order valence-electron chi connectivity index (χ3n) is 3.67. The number of hydrogen-bond acceptors (Lipinski definition) is 3. The van der Waals surface area contributed by atoms with Crippen molar-refractivity contribution in [3.63, 3.8) is 0 Å². The molecule has 1 fully saturated rings. The summed E-state index contributed by atoms with van der Waals surface area (Å²) in [7, 11) is -3.53. The minimum atomic E-state index is -3.53. The lowest BCUT2D eigenvalue weighted by Crippen LogP contribution is -2.36. The minimum absolute atomic E-state index is 0.0236. The molecule has 2 unspecified atom stereocenters. The van der Waals surface area contributed by atoms with Crippen molar-refractivity contribution >= 4 is 10.0 Å². The highest BCUT2D eigenvalue weighted by Crippen LogP contribution is 2.26. The van der Waals surface area contributed by atoms with Gasteiger partial charge in [-0.05, 0) is 30.9 Å². The second-order valence-corrected chi connectivity index (χ2v) is 6.82. The number of nitrogens with two attached hydrogens (primary N) is 1. The Labute approximate surface area is 120 Å². The number of hydrogen-bond donors (Lipinski definition) is 2. The highest BCUT2D eigenvalue weighted by molar-refractivity contribution is 7.89. The summed E-state index contributed by atoms with van der Waals surface area (Å²) in [4.78, 5) is 0.236. The van der Waals surface area contributed by atoms with E-state index in [-0.39, 0.29) is 17.5 Å². The Balaban J connectivity index is 2.29. The predicted octanol–water partition coefficient (Wildman–Crippen LogP) is 1.46. The van der Waals surface area contributed by atoms with Gasteiger partial charge >= 0.3 is 0 Å². The van der Waals surface area contributed by atoms with Gasteiger partial charge in [0.1, 0.15) is 0 Å². The highest BCUT2D eigenvalue weighted by atomic mass is 32.2. The van der Waals surface area contributed by atoms with Crippen molar-refractivity contribution in [1.82, 2.24) is 4.72 Å². The molecule has 1 aliphatic carbocycles. The second kappa shape index (κ2) is 6.40. The lowest BCUT2D eigenvalue weighted by Gasteiger charge is -2.18. The van der Waals surface area contributed by atoms with E-state index in [1.54, 1.807) is 24.3 Å². The predicted molar refractivity (Wildman–Crippen MR) is 79.5 cm³/mol. The topological polar surface area (TPSA) is 72.2 Å². The molecule has 0 heterocycles. The molecule has 0 saturated heterocycles. The van der Waals surface area contributed by atoms with E-state index < -0.39 is 10.0 Å². The van der Waals surface area contributed by atoms with E-state index in [1.807, 2.05) is 0 Å². The van der Waals surface area contributed by atoms with Crippen molar-refractivity contribution in [1.29, 1.82) is 0 Å². The Hall–Kier alpha value is -1.35. The number of nitrogens with one attached hydrogen (secondary N) is 1. The smallest absolute Gasteiger partial charge is 0.242 e. The molecular formula is C15H20N2O2S. The first kappa shape index (κ1) is 15.0. The first-order valence-corrected chi connectivity index (χ1v) is 8.33. The minimum Gasteiger partial charge on any atom is -0.320 e. The molecule has 0 amide bonds. The quantitative estimate of drug-likeness (QED) is 0.829. The summed E-state index contributed by atoms with van der Waals surface area (Å²) >= 11 is 0. The molecule has 4 nitrogen and oxygen atoms in total. The van der Waals surface area contributed by atoms with Crippen LogP contribution in [0.2, 0.25) is 0 Å². The largest absolute Gasteiger partial charge is 0.320 e. The van der Waals surface area contributed by atoms with Gasteiger partial charge in [-0.15, -0.1) is 0 Å². The van der Waals surface area contributed by atoms with E-state index in [1.165, 1.54) is 0 Å². The fraction of sp³-hybridized carbons (Fsp3) is 0.467. The van der Waals surface area contributed by atoms with Crippen LogP contribution in [0.4, 0.5) is 0 Å². The summed E-state index contributed by atoms with van der Waals surface area (Å²) in [6.45, 7) is 2.29. The van der Waals surface area contributed by atoms with Crippen LogP contribution in [-0.2, 0) is 10.0 Å². The summed E-state index contributed by atoms with van der Waals surface area (Å²) in [5.74, 6) is 5.91. The van der Waals surface area contributed by atoms with Gasteiger partial charge in [0.25, 0.3) is 0 Å². The molecule has 20 heavy (non-hydrogen) atoms. The molecule has 1 aromatic carbocycles. The molecule has 3 N–H and O–H groups in total. The average Bonchev–Trinajstić information content (AvgIpc) is 2.81. The maximum absolute atomic E-state index is 12.5. The third-order valence-corrected chi connectivity index (χ3v) is 5.22. The molecule has 1 aromatic rings. The summed E-state index contributed by atoms with van der Waals surface area (Å²) in [5, 5.41) is 0. The average molecular weight is 292 g/mol. The molecular weight excluding hydrogens is 272 g/mol. The maximum atomic E-state index is 12.5. The Kier molecular flexibility index (Phi) is 4.81. The van der Waals surface area contributed by atoms with E-state index in [4.69, 9.17) is 5.73 Å². The summed E-state index contributed by atoms with van der Waals surface area (Å²) in [6, 6.07) is 6.80. The van der Waals surface area contributed by atoms with Crippen molar-refractivity contribution in [3.8, 4) is 11.8 Å². The van der Waals surface area contributed by atoms with Crippen LogP contribution < -0.4 is 10.5 Å². The van der Waals surface area contributed by atoms with Gasteiger partial charge in [0.15, 0.2) is 0 Å². The zero-order valence-electron chi connectivity index (χ0n) is 11.6. The van der Waals surface area contributed by atoms with Crippen LogP contribution in [0.5, 0.6) is 0 Å². The Morgan fingerprint density at radius 3 is 2.75 bits per heavy atom. The zero-order chi connectivity index (χ0) is 14.6. The maximum Gasteiger partial charge on any atom is 0.242 e. The van der Waals surface area contributed by atoms with Crippen LogP contribution in [0.1, 0.15) is 31.7 Å². The van der Waals surface area contributed by atoms with Gasteiger partial charge in [-0.1, -0.05) is 37.3 Å². The summed E-state index contributed by atoms with van der Waals surface area (Å²) < 4.78 is 27.8. The molecule has 0 bridgehead atoms. The van der Waals surface area contributed by atoms with Crippen LogP contribution in [0.3, 0.4) is 0 Å². The van der Waals surface area contributed by atoms with Crippen LogP contribution in [0.25, 0.3) is 0 Å². The van der Waals surface area contributed by atoms with Crippen molar-refractivity contribution in [2.75, 3.05) is 6.54 Å². The molecule has 1 saturated carbocycles. The van der Waals surface area contributed by atoms with Gasteiger partial charge < -0.3 is 5.73 Å². The molecule has 5 heteroatoms. The third kappa shape index (κ3) is 3.40. The van der Waals surface area contributed by atoms with Crippen molar-refractivity contribution in [3.05, 3.63) is 29.8 Å². The zero-order valence-corrected chi connectivity index (χ0v) is 12.4. The molecule has 0 spiro atoms. The highest BCUT2D eigenvalue weighted by Gasteiger charge is 2.29. The second-order valence-electron chi connectivity index (χ2n) is 5.14. The van der Waals surface area contributed by atoms with Gasteiger partial charge in [-0.2, -0.15) is 0 Å². The van der Waals surface area contributed by atoms with Crippen LogP contribution in [0.15, 0.2) is 29.2 Å². The molecule has 0 aromatic heterocycles. The molecule has 0 aliphatic heterocycles. The van der Waals surface area contributed by atoms with Gasteiger partial charge in [-0.25, -0.2) is 13.1 Å². The Morgan fingerprint density at radius 1 is 1.35 bits per heavy atom. The Bertz CT molecular complexity index is 629. The van der Waals surface area contributed by atoms with E-state index in [9.17, 15) is 8.42 Å². The molecule has 1 aliphatic rings.